The second kappa shape index (κ2) is 15.0. The van der Waals surface area contributed by atoms with Crippen LogP contribution in [0.15, 0.2) is 9.59 Å². The predicted octanol–water partition coefficient (Wildman–Crippen LogP) is 1.93. The molecule has 35 heavy (non-hydrogen) atoms. The van der Waals surface area contributed by atoms with Gasteiger partial charge in [0, 0.05) is 25.6 Å². The topological polar surface area (TPSA) is 157 Å². The summed E-state index contributed by atoms with van der Waals surface area (Å²) in [6.07, 6.45) is 3.33. The summed E-state index contributed by atoms with van der Waals surface area (Å²) in [7, 11) is 0. The number of aromatic amines is 1. The first-order chi connectivity index (χ1) is 16.5. The van der Waals surface area contributed by atoms with Crippen LogP contribution in [0.3, 0.4) is 0 Å². The van der Waals surface area contributed by atoms with Crippen molar-refractivity contribution in [2.24, 2.45) is 5.92 Å². The van der Waals surface area contributed by atoms with Crippen molar-refractivity contribution in [1.29, 1.82) is 0 Å². The van der Waals surface area contributed by atoms with Crippen molar-refractivity contribution in [2.45, 2.75) is 92.2 Å². The molecule has 1 aromatic heterocycles. The molecule has 0 aromatic carbocycles. The Morgan fingerprint density at radius 3 is 2.31 bits per heavy atom. The van der Waals surface area contributed by atoms with Crippen molar-refractivity contribution in [3.8, 4) is 0 Å². The van der Waals surface area contributed by atoms with Gasteiger partial charge < -0.3 is 20.7 Å². The van der Waals surface area contributed by atoms with Crippen LogP contribution in [-0.4, -0.2) is 46.5 Å². The number of anilines is 2. The third-order valence-electron chi connectivity index (χ3n) is 5.80. The number of carbonyl (C=O) groups is 3. The van der Waals surface area contributed by atoms with Gasteiger partial charge in [0.25, 0.3) is 11.5 Å². The number of carbonyl (C=O) groups excluding carboxylic acids is 3. The molecule has 0 spiro atoms. The molecular weight excluding hydrogens is 454 g/mol. The predicted molar refractivity (Wildman–Crippen MR) is 135 cm³/mol. The lowest BCUT2D eigenvalue weighted by atomic mass is 10.1. The number of unbranched alkanes of at least 4 members (excludes halogenated alkanes) is 3. The maximum absolute atomic E-state index is 13.1. The number of esters is 1. The summed E-state index contributed by atoms with van der Waals surface area (Å²) >= 11 is 0. The Labute approximate surface area is 206 Å². The second-order valence-corrected chi connectivity index (χ2v) is 9.01. The molecule has 0 aliphatic heterocycles. The van der Waals surface area contributed by atoms with E-state index in [4.69, 9.17) is 10.5 Å². The molecule has 0 saturated heterocycles. The Hall–Kier alpha value is -3.11. The summed E-state index contributed by atoms with van der Waals surface area (Å²) in [5.41, 5.74) is 4.72. The van der Waals surface area contributed by atoms with Crippen LogP contribution in [0.2, 0.25) is 0 Å². The SMILES string of the molecule is CCCCCN(C(=O)CCC(=O)OCC(=O)NC(C)C(C)C)c1c(N)n(CCCC)c(=O)[nH]c1=O. The summed E-state index contributed by atoms with van der Waals surface area (Å²) < 4.78 is 6.24. The molecule has 0 bridgehead atoms. The molecule has 1 unspecified atom stereocenters. The van der Waals surface area contributed by atoms with Gasteiger partial charge in [0.05, 0.1) is 6.42 Å². The van der Waals surface area contributed by atoms with Gasteiger partial charge in [0.2, 0.25) is 5.91 Å². The smallest absolute Gasteiger partial charge is 0.330 e. The summed E-state index contributed by atoms with van der Waals surface area (Å²) in [5, 5.41) is 2.73. The Morgan fingerprint density at radius 2 is 1.71 bits per heavy atom. The molecule has 0 aliphatic carbocycles. The van der Waals surface area contributed by atoms with Crippen molar-refractivity contribution >= 4 is 29.3 Å². The number of ether oxygens (including phenoxy) is 1. The number of hydrogen-bond donors (Lipinski definition) is 3. The highest BCUT2D eigenvalue weighted by molar-refractivity contribution is 5.97. The fraction of sp³-hybridized carbons (Fsp3) is 0.708. The Kier molecular flexibility index (Phi) is 12.8. The number of rotatable bonds is 15. The Bertz CT molecular complexity index is 968. The molecule has 1 atom stereocenters. The molecule has 4 N–H and O–H groups in total. The van der Waals surface area contributed by atoms with Crippen molar-refractivity contribution in [1.82, 2.24) is 14.9 Å². The van der Waals surface area contributed by atoms with Gasteiger partial charge in [-0.2, -0.15) is 0 Å². The first kappa shape index (κ1) is 29.9. The number of hydrogen-bond acceptors (Lipinski definition) is 7. The van der Waals surface area contributed by atoms with Gasteiger partial charge in [0.1, 0.15) is 5.82 Å². The number of nitrogens with two attached hydrogens (primary N) is 1. The van der Waals surface area contributed by atoms with Crippen LogP contribution in [0.1, 0.15) is 79.6 Å². The van der Waals surface area contributed by atoms with Gasteiger partial charge in [-0.15, -0.1) is 0 Å². The number of nitrogens with zero attached hydrogens (tertiary/aromatic N) is 2. The monoisotopic (exact) mass is 495 g/mol. The lowest BCUT2D eigenvalue weighted by Crippen LogP contribution is -2.42. The third-order valence-corrected chi connectivity index (χ3v) is 5.80. The summed E-state index contributed by atoms with van der Waals surface area (Å²) in [6, 6.07) is -0.0661. The van der Waals surface area contributed by atoms with Crippen LogP contribution in [-0.2, 0) is 25.7 Å². The molecule has 0 aliphatic rings. The van der Waals surface area contributed by atoms with E-state index in [1.165, 1.54) is 9.47 Å². The van der Waals surface area contributed by atoms with Crippen molar-refractivity contribution < 1.29 is 19.1 Å². The zero-order valence-corrected chi connectivity index (χ0v) is 21.6. The van der Waals surface area contributed by atoms with Crippen LogP contribution in [0.4, 0.5) is 11.5 Å². The van der Waals surface area contributed by atoms with E-state index in [-0.39, 0.29) is 42.9 Å². The van der Waals surface area contributed by atoms with Gasteiger partial charge in [-0.25, -0.2) is 4.79 Å². The molecule has 0 saturated carbocycles. The fourth-order valence-corrected chi connectivity index (χ4v) is 3.28. The zero-order chi connectivity index (χ0) is 26.5. The molecule has 1 rings (SSSR count). The minimum absolute atomic E-state index is 0.0661. The van der Waals surface area contributed by atoms with E-state index in [0.717, 1.165) is 19.3 Å². The molecule has 1 heterocycles. The Balaban J connectivity index is 2.94. The zero-order valence-electron chi connectivity index (χ0n) is 21.6. The lowest BCUT2D eigenvalue weighted by molar-refractivity contribution is -0.149. The average molecular weight is 496 g/mol. The van der Waals surface area contributed by atoms with E-state index >= 15 is 0 Å². The van der Waals surface area contributed by atoms with Crippen LogP contribution < -0.4 is 27.2 Å². The molecular formula is C24H41N5O6. The van der Waals surface area contributed by atoms with E-state index in [1.807, 2.05) is 34.6 Å². The first-order valence-corrected chi connectivity index (χ1v) is 12.4. The number of H-pyrrole nitrogens is 1. The number of nitrogens with one attached hydrogen (secondary N) is 2. The largest absolute Gasteiger partial charge is 0.456 e. The standard InChI is InChI=1S/C24H41N5O6/c1-6-8-10-14-28(21-22(25)29(13-9-7-2)24(34)27-23(21)33)19(31)11-12-20(32)35-15-18(30)26-17(5)16(3)4/h16-17H,6-15,25H2,1-5H3,(H,26,30)(H,27,33,34). The second-order valence-electron chi connectivity index (χ2n) is 9.01. The van der Waals surface area contributed by atoms with E-state index in [0.29, 0.717) is 19.4 Å². The first-order valence-electron chi connectivity index (χ1n) is 12.4. The molecule has 198 valence electrons. The van der Waals surface area contributed by atoms with E-state index in [1.54, 1.807) is 0 Å². The summed E-state index contributed by atoms with van der Waals surface area (Å²) in [4.78, 5) is 65.5. The average Bonchev–Trinajstić information content (AvgIpc) is 2.79. The summed E-state index contributed by atoms with van der Waals surface area (Å²) in [5.74, 6) is -1.45. The third kappa shape index (κ3) is 9.58. The molecule has 11 nitrogen and oxygen atoms in total. The van der Waals surface area contributed by atoms with Crippen molar-refractivity contribution in [3.63, 3.8) is 0 Å². The molecule has 2 amide bonds. The van der Waals surface area contributed by atoms with Crippen LogP contribution in [0.5, 0.6) is 0 Å². The minimum atomic E-state index is -0.747. The number of aromatic nitrogens is 2. The van der Waals surface area contributed by atoms with Crippen molar-refractivity contribution in [3.05, 3.63) is 20.8 Å². The quantitative estimate of drug-likeness (QED) is 0.248. The maximum atomic E-state index is 13.1. The number of nitrogen functional groups attached to an aromatic ring is 1. The van der Waals surface area contributed by atoms with Gasteiger partial charge >= 0.3 is 11.7 Å². The number of amides is 2. The van der Waals surface area contributed by atoms with Gasteiger partial charge in [-0.05, 0) is 25.7 Å². The van der Waals surface area contributed by atoms with Gasteiger partial charge in [-0.3, -0.25) is 28.7 Å². The van der Waals surface area contributed by atoms with Gasteiger partial charge in [-0.1, -0.05) is 47.0 Å². The lowest BCUT2D eigenvalue weighted by Gasteiger charge is -2.24. The van der Waals surface area contributed by atoms with E-state index < -0.39 is 35.6 Å². The molecule has 11 heteroatoms. The molecule has 1 aromatic rings. The Morgan fingerprint density at radius 1 is 1.06 bits per heavy atom. The molecule has 0 fully saturated rings. The minimum Gasteiger partial charge on any atom is -0.456 e. The highest BCUT2D eigenvalue weighted by Crippen LogP contribution is 2.20. The normalized spacial score (nSPS) is 11.8. The highest BCUT2D eigenvalue weighted by Gasteiger charge is 2.24. The van der Waals surface area contributed by atoms with Crippen LogP contribution in [0.25, 0.3) is 0 Å². The van der Waals surface area contributed by atoms with E-state index in [9.17, 15) is 24.0 Å². The fourth-order valence-electron chi connectivity index (χ4n) is 3.28. The van der Waals surface area contributed by atoms with Crippen LogP contribution >= 0.6 is 0 Å². The highest BCUT2D eigenvalue weighted by atomic mass is 16.5. The molecule has 0 radical (unpaired) electrons. The van der Waals surface area contributed by atoms with Crippen molar-refractivity contribution in [2.75, 3.05) is 23.8 Å². The maximum Gasteiger partial charge on any atom is 0.330 e. The summed E-state index contributed by atoms with van der Waals surface area (Å²) in [6.45, 7) is 9.84. The van der Waals surface area contributed by atoms with E-state index in [2.05, 4.69) is 10.3 Å². The van der Waals surface area contributed by atoms with Crippen LogP contribution in [0, 0.1) is 5.92 Å². The van der Waals surface area contributed by atoms with Gasteiger partial charge in [0.15, 0.2) is 12.3 Å².